The predicted molar refractivity (Wildman–Crippen MR) is 91.2 cm³/mol. The zero-order valence-electron chi connectivity index (χ0n) is 13.7. The highest BCUT2D eigenvalue weighted by molar-refractivity contribution is 5.93. The highest BCUT2D eigenvalue weighted by Gasteiger charge is 2.44. The Morgan fingerprint density at radius 1 is 1.32 bits per heavy atom. The van der Waals surface area contributed by atoms with Crippen molar-refractivity contribution in [3.05, 3.63) is 48.7 Å². The van der Waals surface area contributed by atoms with Crippen LogP contribution in [0.1, 0.15) is 25.0 Å². The van der Waals surface area contributed by atoms with Crippen LogP contribution in [-0.4, -0.2) is 37.3 Å². The lowest BCUT2D eigenvalue weighted by molar-refractivity contribution is -0.121. The van der Waals surface area contributed by atoms with Gasteiger partial charge >= 0.3 is 0 Å². The Labute approximate surface area is 144 Å². The van der Waals surface area contributed by atoms with Crippen LogP contribution in [0.3, 0.4) is 0 Å². The lowest BCUT2D eigenvalue weighted by Crippen LogP contribution is -2.30. The standard InChI is InChI=1S/C18H19N5O2/c24-18(15-7-14-4-5-16(15)25-14)21-12-8-19-23(10-12)11-13-9-22-6-2-1-3-17(22)20-13/h1-3,6,8-10,14-16H,4-5,7,11H2,(H,21,24)/t14-,15-,16-/m1/s1. The lowest BCUT2D eigenvalue weighted by Gasteiger charge is -2.17. The highest BCUT2D eigenvalue weighted by Crippen LogP contribution is 2.39. The van der Waals surface area contributed by atoms with Crippen molar-refractivity contribution in [2.24, 2.45) is 5.92 Å². The van der Waals surface area contributed by atoms with E-state index in [9.17, 15) is 4.79 Å². The number of hydrogen-bond donors (Lipinski definition) is 1. The first-order valence-electron chi connectivity index (χ1n) is 8.66. The topological polar surface area (TPSA) is 73.5 Å². The van der Waals surface area contributed by atoms with Gasteiger partial charge in [-0.25, -0.2) is 4.98 Å². The number of amides is 1. The largest absolute Gasteiger partial charge is 0.374 e. The zero-order chi connectivity index (χ0) is 16.8. The molecular formula is C18H19N5O2. The molecule has 5 heterocycles. The molecule has 3 aromatic heterocycles. The number of imidazole rings is 1. The molecule has 0 aromatic carbocycles. The first-order chi connectivity index (χ1) is 12.2. The molecular weight excluding hydrogens is 318 g/mol. The Morgan fingerprint density at radius 2 is 2.28 bits per heavy atom. The molecule has 2 saturated heterocycles. The number of anilines is 1. The molecule has 2 fully saturated rings. The summed E-state index contributed by atoms with van der Waals surface area (Å²) in [6.07, 6.45) is 10.8. The normalized spacial score (nSPS) is 24.9. The van der Waals surface area contributed by atoms with Crippen molar-refractivity contribution in [3.63, 3.8) is 0 Å². The van der Waals surface area contributed by atoms with Crippen LogP contribution >= 0.6 is 0 Å². The van der Waals surface area contributed by atoms with Gasteiger partial charge in [-0.2, -0.15) is 5.10 Å². The van der Waals surface area contributed by atoms with E-state index in [-0.39, 0.29) is 24.0 Å². The van der Waals surface area contributed by atoms with E-state index < -0.39 is 0 Å². The van der Waals surface area contributed by atoms with Gasteiger partial charge in [-0.3, -0.25) is 9.48 Å². The molecule has 2 aliphatic rings. The maximum Gasteiger partial charge on any atom is 0.230 e. The molecule has 7 heteroatoms. The minimum Gasteiger partial charge on any atom is -0.374 e. The van der Waals surface area contributed by atoms with Crippen LogP contribution < -0.4 is 5.32 Å². The SMILES string of the molecule is O=C(Nc1cnn(Cc2cn3ccccc3n2)c1)[C@@H]1C[C@H]2CC[C@H]1O2. The van der Waals surface area contributed by atoms with Crippen molar-refractivity contribution < 1.29 is 9.53 Å². The number of carbonyl (C=O) groups excluding carboxylic acids is 1. The van der Waals surface area contributed by atoms with E-state index in [0.29, 0.717) is 6.54 Å². The number of nitrogens with one attached hydrogen (secondary N) is 1. The Hall–Kier alpha value is -2.67. The number of nitrogens with zero attached hydrogens (tertiary/aromatic N) is 4. The molecule has 7 nitrogen and oxygen atoms in total. The Balaban J connectivity index is 1.26. The average molecular weight is 337 g/mol. The van der Waals surface area contributed by atoms with Gasteiger partial charge in [0.15, 0.2) is 0 Å². The summed E-state index contributed by atoms with van der Waals surface area (Å²) in [7, 11) is 0. The van der Waals surface area contributed by atoms with Gasteiger partial charge in [0.05, 0.1) is 42.2 Å². The van der Waals surface area contributed by atoms with Gasteiger partial charge in [-0.05, 0) is 31.4 Å². The molecule has 3 atom stereocenters. The fourth-order valence-corrected chi connectivity index (χ4v) is 3.89. The van der Waals surface area contributed by atoms with E-state index in [1.807, 2.05) is 41.2 Å². The van der Waals surface area contributed by atoms with Crippen molar-refractivity contribution in [1.82, 2.24) is 19.2 Å². The van der Waals surface area contributed by atoms with E-state index >= 15 is 0 Å². The molecule has 128 valence electrons. The van der Waals surface area contributed by atoms with Crippen LogP contribution in [0.4, 0.5) is 5.69 Å². The number of pyridine rings is 1. The minimum atomic E-state index is -0.0273. The Kier molecular flexibility index (Phi) is 3.34. The number of ether oxygens (including phenoxy) is 1. The van der Waals surface area contributed by atoms with Crippen LogP contribution in [0.15, 0.2) is 43.0 Å². The number of aromatic nitrogens is 4. The molecule has 5 rings (SSSR count). The number of rotatable bonds is 4. The van der Waals surface area contributed by atoms with Gasteiger partial charge in [0, 0.05) is 18.6 Å². The van der Waals surface area contributed by atoms with E-state index in [0.717, 1.165) is 36.3 Å². The summed E-state index contributed by atoms with van der Waals surface area (Å²) >= 11 is 0. The van der Waals surface area contributed by atoms with Crippen LogP contribution in [0, 0.1) is 5.92 Å². The fourth-order valence-electron chi connectivity index (χ4n) is 3.89. The van der Waals surface area contributed by atoms with E-state index in [4.69, 9.17) is 4.74 Å². The van der Waals surface area contributed by atoms with Crippen LogP contribution in [0.2, 0.25) is 0 Å². The molecule has 0 aliphatic carbocycles. The smallest absolute Gasteiger partial charge is 0.230 e. The summed E-state index contributed by atoms with van der Waals surface area (Å²) in [6.45, 7) is 0.564. The second-order valence-corrected chi connectivity index (χ2v) is 6.83. The minimum absolute atomic E-state index is 0.0273. The third-order valence-corrected chi connectivity index (χ3v) is 5.08. The monoisotopic (exact) mass is 337 g/mol. The summed E-state index contributed by atoms with van der Waals surface area (Å²) in [5, 5.41) is 7.30. The quantitative estimate of drug-likeness (QED) is 0.791. The van der Waals surface area contributed by atoms with Crippen LogP contribution in [0.25, 0.3) is 5.65 Å². The van der Waals surface area contributed by atoms with Gasteiger partial charge in [-0.15, -0.1) is 0 Å². The molecule has 2 bridgehead atoms. The predicted octanol–water partition coefficient (Wildman–Crippen LogP) is 2.09. The molecule has 0 spiro atoms. The second kappa shape index (κ2) is 5.70. The van der Waals surface area contributed by atoms with Gasteiger partial charge < -0.3 is 14.5 Å². The Morgan fingerprint density at radius 3 is 3.08 bits per heavy atom. The van der Waals surface area contributed by atoms with Gasteiger partial charge in [0.25, 0.3) is 0 Å². The van der Waals surface area contributed by atoms with E-state index in [1.165, 1.54) is 0 Å². The van der Waals surface area contributed by atoms with Crippen molar-refractivity contribution in [3.8, 4) is 0 Å². The summed E-state index contributed by atoms with van der Waals surface area (Å²) in [6, 6.07) is 5.90. The average Bonchev–Trinajstić information content (AvgIpc) is 3.38. The maximum absolute atomic E-state index is 12.4. The molecule has 2 aliphatic heterocycles. The second-order valence-electron chi connectivity index (χ2n) is 6.83. The fraction of sp³-hybridized carbons (Fsp3) is 0.389. The Bertz CT molecular complexity index is 897. The molecule has 0 saturated carbocycles. The molecule has 1 N–H and O–H groups in total. The van der Waals surface area contributed by atoms with E-state index in [2.05, 4.69) is 15.4 Å². The molecule has 0 radical (unpaired) electrons. The first-order valence-corrected chi connectivity index (χ1v) is 8.66. The van der Waals surface area contributed by atoms with Crippen molar-refractivity contribution in [2.45, 2.75) is 38.0 Å². The summed E-state index contributed by atoms with van der Waals surface area (Å²) in [4.78, 5) is 17.0. The summed E-state index contributed by atoms with van der Waals surface area (Å²) in [5.41, 5.74) is 2.56. The third-order valence-electron chi connectivity index (χ3n) is 5.08. The number of fused-ring (bicyclic) bond motifs is 3. The van der Waals surface area contributed by atoms with Crippen LogP contribution in [0.5, 0.6) is 0 Å². The molecule has 0 unspecified atom stereocenters. The van der Waals surface area contributed by atoms with Crippen molar-refractivity contribution in [1.29, 1.82) is 0 Å². The zero-order valence-corrected chi connectivity index (χ0v) is 13.7. The van der Waals surface area contributed by atoms with Crippen LogP contribution in [-0.2, 0) is 16.1 Å². The third kappa shape index (κ3) is 2.70. The summed E-state index contributed by atoms with van der Waals surface area (Å²) in [5.74, 6) is 0.0139. The lowest BCUT2D eigenvalue weighted by atomic mass is 9.88. The van der Waals surface area contributed by atoms with Crippen molar-refractivity contribution >= 4 is 17.2 Å². The van der Waals surface area contributed by atoms with Gasteiger partial charge in [0.2, 0.25) is 5.91 Å². The highest BCUT2D eigenvalue weighted by atomic mass is 16.5. The molecule has 1 amide bonds. The van der Waals surface area contributed by atoms with Crippen molar-refractivity contribution in [2.75, 3.05) is 5.32 Å². The summed E-state index contributed by atoms with van der Waals surface area (Å²) < 4.78 is 9.53. The van der Waals surface area contributed by atoms with Gasteiger partial charge in [0.1, 0.15) is 5.65 Å². The number of hydrogen-bond acceptors (Lipinski definition) is 4. The first kappa shape index (κ1) is 14.7. The molecule has 25 heavy (non-hydrogen) atoms. The molecule has 3 aromatic rings. The van der Waals surface area contributed by atoms with Gasteiger partial charge in [-0.1, -0.05) is 6.07 Å². The van der Waals surface area contributed by atoms with E-state index in [1.54, 1.807) is 10.9 Å². The maximum atomic E-state index is 12.4. The number of carbonyl (C=O) groups is 1.